The van der Waals surface area contributed by atoms with Crippen LogP contribution in [0.15, 0.2) is 65.8 Å². The van der Waals surface area contributed by atoms with Crippen molar-refractivity contribution in [3.05, 3.63) is 72.0 Å². The molecule has 0 saturated heterocycles. The Labute approximate surface area is 119 Å². The lowest BCUT2D eigenvalue weighted by atomic mass is 10.0. The van der Waals surface area contributed by atoms with E-state index in [4.69, 9.17) is 0 Å². The van der Waals surface area contributed by atoms with Crippen LogP contribution in [0.5, 0.6) is 0 Å². The van der Waals surface area contributed by atoms with Gasteiger partial charge in [0.2, 0.25) is 0 Å². The quantitative estimate of drug-likeness (QED) is 0.341. The standard InChI is InChI=1S/C17H17NO2/c1-4-14(12-18-5-2)10-11-17(20)16-9-7-6-8-15(16)13(3)19/h4-12H,1H2,2-3H3/b11-10-,14-12+,18-5?. The maximum Gasteiger partial charge on any atom is 0.186 e. The molecule has 102 valence electrons. The van der Waals surface area contributed by atoms with Crippen LogP contribution in [-0.2, 0) is 0 Å². The van der Waals surface area contributed by atoms with Crippen LogP contribution in [0.4, 0.5) is 0 Å². The highest BCUT2D eigenvalue weighted by Gasteiger charge is 2.10. The molecule has 0 heterocycles. The summed E-state index contributed by atoms with van der Waals surface area (Å²) in [7, 11) is 0. The summed E-state index contributed by atoms with van der Waals surface area (Å²) in [5.41, 5.74) is 1.55. The molecule has 1 rings (SSSR count). The number of carbonyl (C=O) groups excluding carboxylic acids is 2. The molecule has 1 aromatic carbocycles. The largest absolute Gasteiger partial charge is 0.294 e. The van der Waals surface area contributed by atoms with Gasteiger partial charge in [0.1, 0.15) is 0 Å². The molecule has 0 amide bonds. The van der Waals surface area contributed by atoms with Crippen LogP contribution >= 0.6 is 0 Å². The molecule has 0 unspecified atom stereocenters. The monoisotopic (exact) mass is 267 g/mol. The molecule has 3 nitrogen and oxygen atoms in total. The number of Topliss-reactive ketones (excluding diaryl/α,β-unsaturated/α-hetero) is 1. The zero-order valence-electron chi connectivity index (χ0n) is 11.7. The fraction of sp³-hybridized carbons (Fsp3) is 0.118. The van der Waals surface area contributed by atoms with Crippen LogP contribution in [0.25, 0.3) is 0 Å². The van der Waals surface area contributed by atoms with Crippen molar-refractivity contribution in [2.24, 2.45) is 4.99 Å². The number of benzene rings is 1. The maximum atomic E-state index is 12.1. The summed E-state index contributed by atoms with van der Waals surface area (Å²) in [4.78, 5) is 27.6. The van der Waals surface area contributed by atoms with Crippen LogP contribution in [-0.4, -0.2) is 17.8 Å². The van der Waals surface area contributed by atoms with Crippen molar-refractivity contribution in [3.63, 3.8) is 0 Å². The number of ketones is 2. The minimum Gasteiger partial charge on any atom is -0.294 e. The molecule has 0 aliphatic carbocycles. The molecule has 0 fully saturated rings. The van der Waals surface area contributed by atoms with Gasteiger partial charge in [0.05, 0.1) is 0 Å². The summed E-state index contributed by atoms with van der Waals surface area (Å²) >= 11 is 0. The smallest absolute Gasteiger partial charge is 0.186 e. The van der Waals surface area contributed by atoms with Gasteiger partial charge >= 0.3 is 0 Å². The first-order valence-corrected chi connectivity index (χ1v) is 6.23. The molecule has 0 aromatic heterocycles. The molecule has 0 aliphatic heterocycles. The van der Waals surface area contributed by atoms with Crippen molar-refractivity contribution in [1.29, 1.82) is 0 Å². The molecule has 0 saturated carbocycles. The van der Waals surface area contributed by atoms with Crippen LogP contribution in [0, 0.1) is 0 Å². The molecule has 0 atom stereocenters. The van der Waals surface area contributed by atoms with Crippen LogP contribution in [0.3, 0.4) is 0 Å². The van der Waals surface area contributed by atoms with Gasteiger partial charge in [-0.05, 0) is 31.6 Å². The van der Waals surface area contributed by atoms with Crippen molar-refractivity contribution in [3.8, 4) is 0 Å². The van der Waals surface area contributed by atoms with Gasteiger partial charge in [-0.15, -0.1) is 0 Å². The summed E-state index contributed by atoms with van der Waals surface area (Å²) in [5.74, 6) is -0.346. The van der Waals surface area contributed by atoms with Crippen molar-refractivity contribution in [2.45, 2.75) is 13.8 Å². The minimum absolute atomic E-state index is 0.127. The van der Waals surface area contributed by atoms with E-state index < -0.39 is 0 Å². The van der Waals surface area contributed by atoms with Crippen molar-refractivity contribution >= 4 is 17.8 Å². The van der Waals surface area contributed by atoms with E-state index in [1.807, 2.05) is 0 Å². The van der Waals surface area contributed by atoms with Crippen molar-refractivity contribution in [1.82, 2.24) is 0 Å². The zero-order valence-corrected chi connectivity index (χ0v) is 11.7. The Morgan fingerprint density at radius 3 is 2.35 bits per heavy atom. The third-order valence-corrected chi connectivity index (χ3v) is 2.61. The lowest BCUT2D eigenvalue weighted by molar-refractivity contribution is 0.0993. The molecule has 3 heteroatoms. The first kappa shape index (κ1) is 15.5. The van der Waals surface area contributed by atoms with E-state index in [0.29, 0.717) is 11.1 Å². The molecular formula is C17H17NO2. The molecule has 0 N–H and O–H groups in total. The van der Waals surface area contributed by atoms with Gasteiger partial charge in [0, 0.05) is 23.5 Å². The van der Waals surface area contributed by atoms with E-state index in [0.717, 1.165) is 5.57 Å². The second-order valence-electron chi connectivity index (χ2n) is 4.04. The summed E-state index contributed by atoms with van der Waals surface area (Å²) < 4.78 is 0. The lowest BCUT2D eigenvalue weighted by Gasteiger charge is -2.02. The number of nitrogens with zero attached hydrogens (tertiary/aromatic N) is 1. The first-order chi connectivity index (χ1) is 9.60. The van der Waals surface area contributed by atoms with E-state index in [1.165, 1.54) is 13.0 Å². The molecule has 0 radical (unpaired) electrons. The molecule has 20 heavy (non-hydrogen) atoms. The number of hydrogen-bond donors (Lipinski definition) is 0. The van der Waals surface area contributed by atoms with Gasteiger partial charge in [0.15, 0.2) is 11.6 Å². The fourth-order valence-electron chi connectivity index (χ4n) is 1.59. The number of allylic oxidation sites excluding steroid dienone is 4. The molecule has 0 bridgehead atoms. The van der Waals surface area contributed by atoms with Crippen LogP contribution in [0.1, 0.15) is 34.6 Å². The zero-order chi connectivity index (χ0) is 15.0. The van der Waals surface area contributed by atoms with Crippen molar-refractivity contribution < 1.29 is 9.59 Å². The summed E-state index contributed by atoms with van der Waals surface area (Å²) in [6.07, 6.45) is 7.89. The Hall–Kier alpha value is -2.55. The average Bonchev–Trinajstić information content (AvgIpc) is 2.47. The fourth-order valence-corrected chi connectivity index (χ4v) is 1.59. The van der Waals surface area contributed by atoms with Crippen LogP contribution in [0.2, 0.25) is 0 Å². The normalized spacial score (nSPS) is 12.0. The van der Waals surface area contributed by atoms with Gasteiger partial charge in [-0.3, -0.25) is 14.6 Å². The highest BCUT2D eigenvalue weighted by Crippen LogP contribution is 2.11. The van der Waals surface area contributed by atoms with Gasteiger partial charge < -0.3 is 0 Å². The Kier molecular flexibility index (Phi) is 6.04. The van der Waals surface area contributed by atoms with E-state index in [1.54, 1.807) is 55.8 Å². The predicted molar refractivity (Wildman–Crippen MR) is 82.4 cm³/mol. The highest BCUT2D eigenvalue weighted by atomic mass is 16.1. The van der Waals surface area contributed by atoms with Gasteiger partial charge in [-0.1, -0.05) is 36.9 Å². The third-order valence-electron chi connectivity index (χ3n) is 2.61. The number of carbonyl (C=O) groups is 2. The SMILES string of the molecule is C=CC(/C=C\C(=O)c1ccccc1C(C)=O)=C\N=CC. The minimum atomic E-state index is -0.218. The Balaban J connectivity index is 3.02. The van der Waals surface area contributed by atoms with E-state index in [-0.39, 0.29) is 11.6 Å². The second-order valence-corrected chi connectivity index (χ2v) is 4.04. The maximum absolute atomic E-state index is 12.1. The number of aliphatic imine (C=N–C) groups is 1. The third kappa shape index (κ3) is 4.28. The number of hydrogen-bond acceptors (Lipinski definition) is 3. The van der Waals surface area contributed by atoms with Crippen molar-refractivity contribution in [2.75, 3.05) is 0 Å². The van der Waals surface area contributed by atoms with E-state index in [2.05, 4.69) is 11.6 Å². The van der Waals surface area contributed by atoms with Crippen LogP contribution < -0.4 is 0 Å². The molecule has 0 aliphatic rings. The second kappa shape index (κ2) is 7.79. The average molecular weight is 267 g/mol. The summed E-state index contributed by atoms with van der Waals surface area (Å²) in [6, 6.07) is 6.77. The Morgan fingerprint density at radius 1 is 1.15 bits per heavy atom. The molecular weight excluding hydrogens is 250 g/mol. The topological polar surface area (TPSA) is 46.5 Å². The summed E-state index contributed by atoms with van der Waals surface area (Å²) in [6.45, 7) is 6.90. The van der Waals surface area contributed by atoms with Gasteiger partial charge in [0.25, 0.3) is 0 Å². The van der Waals surface area contributed by atoms with E-state index >= 15 is 0 Å². The Bertz CT molecular complexity index is 607. The van der Waals surface area contributed by atoms with E-state index in [9.17, 15) is 9.59 Å². The lowest BCUT2D eigenvalue weighted by Crippen LogP contribution is -2.04. The Morgan fingerprint density at radius 2 is 1.80 bits per heavy atom. The van der Waals surface area contributed by atoms with Gasteiger partial charge in [-0.2, -0.15) is 0 Å². The highest BCUT2D eigenvalue weighted by molar-refractivity contribution is 6.12. The predicted octanol–water partition coefficient (Wildman–Crippen LogP) is 3.79. The molecule has 1 aromatic rings. The van der Waals surface area contributed by atoms with Gasteiger partial charge in [-0.25, -0.2) is 0 Å². The first-order valence-electron chi connectivity index (χ1n) is 6.23. The summed E-state index contributed by atoms with van der Waals surface area (Å²) in [5, 5.41) is 0. The number of rotatable bonds is 6. The molecule has 0 spiro atoms.